The fraction of sp³-hybridized carbons (Fsp3) is 0.438. The predicted octanol–water partition coefficient (Wildman–Crippen LogP) is 4.04. The fourth-order valence-corrected chi connectivity index (χ4v) is 2.53. The Bertz CT molecular complexity index is 536. The van der Waals surface area contributed by atoms with Gasteiger partial charge in [-0.2, -0.15) is 5.10 Å². The number of rotatable bonds is 7. The summed E-state index contributed by atoms with van der Waals surface area (Å²) in [4.78, 5) is 0. The molecule has 0 amide bonds. The topological polar surface area (TPSA) is 29.9 Å². The van der Waals surface area contributed by atoms with E-state index in [1.165, 1.54) is 5.56 Å². The Hall–Kier alpha value is -1.32. The Morgan fingerprint density at radius 3 is 2.75 bits per heavy atom. The summed E-state index contributed by atoms with van der Waals surface area (Å²) in [6.07, 6.45) is 6.22. The van der Waals surface area contributed by atoms with Gasteiger partial charge in [0.25, 0.3) is 0 Å². The Labute approximate surface area is 126 Å². The van der Waals surface area contributed by atoms with Crippen molar-refractivity contribution in [3.8, 4) is 0 Å². The zero-order valence-electron chi connectivity index (χ0n) is 12.1. The molecule has 0 bridgehead atoms. The van der Waals surface area contributed by atoms with Crippen LogP contribution >= 0.6 is 11.6 Å². The molecule has 1 unspecified atom stereocenters. The van der Waals surface area contributed by atoms with Gasteiger partial charge in [-0.1, -0.05) is 43.6 Å². The second kappa shape index (κ2) is 7.46. The van der Waals surface area contributed by atoms with Gasteiger partial charge in [0.05, 0.1) is 12.2 Å². The Balaban J connectivity index is 2.29. The predicted molar refractivity (Wildman–Crippen MR) is 84.1 cm³/mol. The second-order valence-electron chi connectivity index (χ2n) is 4.95. The first-order valence-electron chi connectivity index (χ1n) is 7.26. The Morgan fingerprint density at radius 1 is 1.25 bits per heavy atom. The number of aryl methyl sites for hydroxylation is 1. The third kappa shape index (κ3) is 3.62. The van der Waals surface area contributed by atoms with Crippen molar-refractivity contribution in [1.82, 2.24) is 15.1 Å². The van der Waals surface area contributed by atoms with Crippen LogP contribution in [-0.4, -0.2) is 16.3 Å². The quantitative estimate of drug-likeness (QED) is 0.834. The third-order valence-corrected chi connectivity index (χ3v) is 3.60. The molecule has 0 aliphatic rings. The summed E-state index contributed by atoms with van der Waals surface area (Å²) in [7, 11) is 0. The fourth-order valence-electron chi connectivity index (χ4n) is 2.29. The molecule has 1 heterocycles. The summed E-state index contributed by atoms with van der Waals surface area (Å²) in [6, 6.07) is 8.11. The monoisotopic (exact) mass is 291 g/mol. The van der Waals surface area contributed by atoms with Gasteiger partial charge < -0.3 is 5.32 Å². The number of hydrogen-bond donors (Lipinski definition) is 1. The first kappa shape index (κ1) is 15.1. The molecule has 2 rings (SSSR count). The molecule has 3 nitrogen and oxygen atoms in total. The Kier molecular flexibility index (Phi) is 5.62. The van der Waals surface area contributed by atoms with Crippen LogP contribution in [0.1, 0.15) is 43.9 Å². The SMILES string of the molecule is CCCNC(c1cnn(CCC)c1)c1ccccc1Cl. The smallest absolute Gasteiger partial charge is 0.0622 e. The number of nitrogens with one attached hydrogen (secondary N) is 1. The molecule has 108 valence electrons. The van der Waals surface area contributed by atoms with Gasteiger partial charge in [0, 0.05) is 23.3 Å². The van der Waals surface area contributed by atoms with Crippen LogP contribution in [0.2, 0.25) is 5.02 Å². The number of benzene rings is 1. The van der Waals surface area contributed by atoms with Crippen LogP contribution in [0.5, 0.6) is 0 Å². The molecular weight excluding hydrogens is 270 g/mol. The standard InChI is InChI=1S/C16H22ClN3/c1-3-9-18-16(14-7-5-6-8-15(14)17)13-11-19-20(12-13)10-4-2/h5-8,11-12,16,18H,3-4,9-10H2,1-2H3. The average Bonchev–Trinajstić information content (AvgIpc) is 2.90. The van der Waals surface area contributed by atoms with Crippen LogP contribution in [0.25, 0.3) is 0 Å². The zero-order chi connectivity index (χ0) is 14.4. The highest BCUT2D eigenvalue weighted by atomic mass is 35.5. The molecular formula is C16H22ClN3. The van der Waals surface area contributed by atoms with Gasteiger partial charge in [-0.15, -0.1) is 0 Å². The minimum absolute atomic E-state index is 0.106. The lowest BCUT2D eigenvalue weighted by atomic mass is 10.0. The summed E-state index contributed by atoms with van der Waals surface area (Å²) >= 11 is 6.35. The van der Waals surface area contributed by atoms with Crippen LogP contribution in [-0.2, 0) is 6.54 Å². The molecule has 4 heteroatoms. The highest BCUT2D eigenvalue weighted by Gasteiger charge is 2.17. The van der Waals surface area contributed by atoms with Crippen molar-refractivity contribution in [2.75, 3.05) is 6.54 Å². The van der Waals surface area contributed by atoms with E-state index in [0.29, 0.717) is 0 Å². The van der Waals surface area contributed by atoms with E-state index in [-0.39, 0.29) is 6.04 Å². The molecule has 0 radical (unpaired) electrons. The van der Waals surface area contributed by atoms with Crippen molar-refractivity contribution in [1.29, 1.82) is 0 Å². The summed E-state index contributed by atoms with van der Waals surface area (Å²) in [5, 5.41) is 8.78. The van der Waals surface area contributed by atoms with E-state index in [9.17, 15) is 0 Å². The summed E-state index contributed by atoms with van der Waals surface area (Å²) < 4.78 is 1.99. The lowest BCUT2D eigenvalue weighted by Gasteiger charge is -2.18. The third-order valence-electron chi connectivity index (χ3n) is 3.25. The lowest BCUT2D eigenvalue weighted by molar-refractivity contribution is 0.588. The van der Waals surface area contributed by atoms with Crippen LogP contribution < -0.4 is 5.32 Å². The first-order valence-corrected chi connectivity index (χ1v) is 7.64. The molecule has 0 spiro atoms. The van der Waals surface area contributed by atoms with E-state index in [1.807, 2.05) is 29.1 Å². The van der Waals surface area contributed by atoms with Gasteiger partial charge in [-0.25, -0.2) is 0 Å². The van der Waals surface area contributed by atoms with Crippen LogP contribution in [0.15, 0.2) is 36.7 Å². The van der Waals surface area contributed by atoms with E-state index in [0.717, 1.165) is 36.5 Å². The van der Waals surface area contributed by atoms with Crippen LogP contribution in [0.3, 0.4) is 0 Å². The van der Waals surface area contributed by atoms with Gasteiger partial charge in [-0.05, 0) is 31.0 Å². The first-order chi connectivity index (χ1) is 9.76. The van der Waals surface area contributed by atoms with E-state index in [4.69, 9.17) is 11.6 Å². The molecule has 2 aromatic rings. The maximum Gasteiger partial charge on any atom is 0.0622 e. The zero-order valence-corrected chi connectivity index (χ0v) is 12.9. The maximum absolute atomic E-state index is 6.35. The average molecular weight is 292 g/mol. The number of halogens is 1. The molecule has 0 saturated carbocycles. The van der Waals surface area contributed by atoms with E-state index in [1.54, 1.807) is 0 Å². The van der Waals surface area contributed by atoms with Gasteiger partial charge in [0.2, 0.25) is 0 Å². The van der Waals surface area contributed by atoms with Crippen molar-refractivity contribution < 1.29 is 0 Å². The lowest BCUT2D eigenvalue weighted by Crippen LogP contribution is -2.23. The van der Waals surface area contributed by atoms with Crippen molar-refractivity contribution in [3.05, 3.63) is 52.8 Å². The summed E-state index contributed by atoms with van der Waals surface area (Å²) in [6.45, 7) is 6.22. The minimum Gasteiger partial charge on any atom is -0.306 e. The van der Waals surface area contributed by atoms with E-state index < -0.39 is 0 Å². The highest BCUT2D eigenvalue weighted by molar-refractivity contribution is 6.31. The maximum atomic E-state index is 6.35. The molecule has 1 aromatic carbocycles. The van der Waals surface area contributed by atoms with Gasteiger partial charge in [0.15, 0.2) is 0 Å². The van der Waals surface area contributed by atoms with E-state index in [2.05, 4.69) is 36.5 Å². The van der Waals surface area contributed by atoms with Gasteiger partial charge in [-0.3, -0.25) is 4.68 Å². The van der Waals surface area contributed by atoms with E-state index >= 15 is 0 Å². The normalized spacial score (nSPS) is 12.6. The molecule has 0 aliphatic heterocycles. The van der Waals surface area contributed by atoms with Crippen molar-refractivity contribution in [2.45, 2.75) is 39.3 Å². The van der Waals surface area contributed by atoms with Gasteiger partial charge in [0.1, 0.15) is 0 Å². The molecule has 0 saturated heterocycles. The minimum atomic E-state index is 0.106. The molecule has 1 aromatic heterocycles. The molecule has 0 fully saturated rings. The molecule has 1 N–H and O–H groups in total. The van der Waals surface area contributed by atoms with Crippen LogP contribution in [0, 0.1) is 0 Å². The molecule has 1 atom stereocenters. The summed E-state index contributed by atoms with van der Waals surface area (Å²) in [5.41, 5.74) is 2.28. The molecule has 0 aliphatic carbocycles. The summed E-state index contributed by atoms with van der Waals surface area (Å²) in [5.74, 6) is 0. The highest BCUT2D eigenvalue weighted by Crippen LogP contribution is 2.28. The Morgan fingerprint density at radius 2 is 2.05 bits per heavy atom. The van der Waals surface area contributed by atoms with Crippen molar-refractivity contribution in [3.63, 3.8) is 0 Å². The number of hydrogen-bond acceptors (Lipinski definition) is 2. The van der Waals surface area contributed by atoms with Gasteiger partial charge >= 0.3 is 0 Å². The largest absolute Gasteiger partial charge is 0.306 e. The van der Waals surface area contributed by atoms with Crippen molar-refractivity contribution >= 4 is 11.6 Å². The van der Waals surface area contributed by atoms with Crippen molar-refractivity contribution in [2.24, 2.45) is 0 Å². The number of aromatic nitrogens is 2. The second-order valence-corrected chi connectivity index (χ2v) is 5.35. The van der Waals surface area contributed by atoms with Crippen LogP contribution in [0.4, 0.5) is 0 Å². The molecule has 20 heavy (non-hydrogen) atoms. The number of nitrogens with zero attached hydrogens (tertiary/aromatic N) is 2.